The summed E-state index contributed by atoms with van der Waals surface area (Å²) in [6.07, 6.45) is 0. The first-order valence-corrected chi connectivity index (χ1v) is 6.06. The molecule has 1 aromatic carbocycles. The highest BCUT2D eigenvalue weighted by Crippen LogP contribution is 2.30. The number of rotatable bonds is 4. The number of nitrogens with zero attached hydrogens (tertiary/aromatic N) is 1. The highest BCUT2D eigenvalue weighted by Gasteiger charge is 2.35. The van der Waals surface area contributed by atoms with Gasteiger partial charge in [0.15, 0.2) is 11.5 Å². The third-order valence-corrected chi connectivity index (χ3v) is 3.15. The number of carboxylic acid groups (broad SMARTS) is 1. The van der Waals surface area contributed by atoms with Crippen molar-refractivity contribution in [1.29, 1.82) is 0 Å². The van der Waals surface area contributed by atoms with E-state index in [1.807, 2.05) is 0 Å². The smallest absolute Gasteiger partial charge is 0.321 e. The van der Waals surface area contributed by atoms with Crippen LogP contribution in [0.25, 0.3) is 0 Å². The molecule has 2 rings (SSSR count). The number of ether oxygens (including phenoxy) is 2. The minimum Gasteiger partial charge on any atom is -0.493 e. The number of benzene rings is 1. The molecule has 1 aliphatic rings. The molecule has 7 nitrogen and oxygen atoms in total. The van der Waals surface area contributed by atoms with Crippen molar-refractivity contribution in [2.45, 2.75) is 0 Å². The summed E-state index contributed by atoms with van der Waals surface area (Å²) >= 11 is 0. The van der Waals surface area contributed by atoms with Gasteiger partial charge in [-0.15, -0.1) is 0 Å². The Hall–Kier alpha value is -2.44. The molecule has 7 heteroatoms. The van der Waals surface area contributed by atoms with Gasteiger partial charge in [0.25, 0.3) is 0 Å². The topological polar surface area (TPSA) is 88.1 Å². The number of nitrogens with one attached hydrogen (secondary N) is 1. The maximum Gasteiger partial charge on any atom is 0.321 e. The Bertz CT molecular complexity index is 525. The van der Waals surface area contributed by atoms with Gasteiger partial charge in [-0.2, -0.15) is 0 Å². The minimum atomic E-state index is -0.875. The van der Waals surface area contributed by atoms with E-state index in [1.165, 1.54) is 19.1 Å². The molecule has 20 heavy (non-hydrogen) atoms. The normalized spacial score (nSPS) is 14.4. The van der Waals surface area contributed by atoms with Gasteiger partial charge >= 0.3 is 12.0 Å². The van der Waals surface area contributed by atoms with E-state index in [0.717, 1.165) is 0 Å². The van der Waals surface area contributed by atoms with E-state index in [4.69, 9.17) is 14.6 Å². The number of carbonyl (C=O) groups is 2. The summed E-state index contributed by atoms with van der Waals surface area (Å²) in [5.41, 5.74) is 0.562. The first-order chi connectivity index (χ1) is 9.55. The molecule has 1 fully saturated rings. The fraction of sp³-hybridized carbons (Fsp3) is 0.385. The molecule has 1 saturated heterocycles. The number of amides is 2. The minimum absolute atomic E-state index is 0.231. The second-order valence-electron chi connectivity index (χ2n) is 4.44. The van der Waals surface area contributed by atoms with E-state index in [9.17, 15) is 9.59 Å². The molecule has 0 aromatic heterocycles. The monoisotopic (exact) mass is 280 g/mol. The van der Waals surface area contributed by atoms with Crippen molar-refractivity contribution in [3.8, 4) is 11.5 Å². The summed E-state index contributed by atoms with van der Waals surface area (Å²) in [7, 11) is 3.04. The van der Waals surface area contributed by atoms with Crippen molar-refractivity contribution in [2.75, 3.05) is 32.6 Å². The molecule has 1 aliphatic heterocycles. The predicted molar refractivity (Wildman–Crippen MR) is 71.3 cm³/mol. The standard InChI is InChI=1S/C13H16N2O5/c1-19-10-4-3-9(5-11(10)20-2)14-13(18)15-6-8(7-15)12(16)17/h3-5,8H,6-7H2,1-2H3,(H,14,18)(H,16,17). The molecule has 0 atom stereocenters. The van der Waals surface area contributed by atoms with E-state index in [-0.39, 0.29) is 19.1 Å². The number of hydrogen-bond acceptors (Lipinski definition) is 4. The third-order valence-electron chi connectivity index (χ3n) is 3.15. The zero-order chi connectivity index (χ0) is 14.7. The van der Waals surface area contributed by atoms with Gasteiger partial charge in [-0.3, -0.25) is 4.79 Å². The fourth-order valence-corrected chi connectivity index (χ4v) is 1.92. The third kappa shape index (κ3) is 2.76. The van der Waals surface area contributed by atoms with Crippen LogP contribution in [0.5, 0.6) is 11.5 Å². The van der Waals surface area contributed by atoms with Crippen LogP contribution < -0.4 is 14.8 Å². The van der Waals surface area contributed by atoms with E-state index >= 15 is 0 Å². The summed E-state index contributed by atoms with van der Waals surface area (Å²) in [6.45, 7) is 0.461. The zero-order valence-electron chi connectivity index (χ0n) is 11.3. The van der Waals surface area contributed by atoms with Crippen LogP contribution in [0.15, 0.2) is 18.2 Å². The van der Waals surface area contributed by atoms with Crippen LogP contribution in [-0.2, 0) is 4.79 Å². The van der Waals surface area contributed by atoms with Gasteiger partial charge in [-0.25, -0.2) is 4.79 Å². The molecule has 0 bridgehead atoms. The van der Waals surface area contributed by atoms with E-state index in [0.29, 0.717) is 17.2 Å². The molecule has 0 aliphatic carbocycles. The molecule has 1 heterocycles. The van der Waals surface area contributed by atoms with Crippen molar-refractivity contribution >= 4 is 17.7 Å². The SMILES string of the molecule is COc1ccc(NC(=O)N2CC(C(=O)O)C2)cc1OC. The van der Waals surface area contributed by atoms with Crippen LogP contribution in [0.4, 0.5) is 10.5 Å². The average Bonchev–Trinajstić information content (AvgIpc) is 2.36. The van der Waals surface area contributed by atoms with Crippen LogP contribution in [0.2, 0.25) is 0 Å². The molecule has 0 unspecified atom stereocenters. The summed E-state index contributed by atoms with van der Waals surface area (Å²) in [4.78, 5) is 24.0. The lowest BCUT2D eigenvalue weighted by molar-refractivity contribution is -0.145. The Labute approximate surface area is 116 Å². The quantitative estimate of drug-likeness (QED) is 0.866. The van der Waals surface area contributed by atoms with Crippen molar-refractivity contribution < 1.29 is 24.2 Å². The molecule has 1 aromatic rings. The predicted octanol–water partition coefficient (Wildman–Crippen LogP) is 1.25. The number of likely N-dealkylation sites (tertiary alicyclic amines) is 1. The molecule has 2 N–H and O–H groups in total. The van der Waals surface area contributed by atoms with Crippen molar-refractivity contribution in [3.05, 3.63) is 18.2 Å². The van der Waals surface area contributed by atoms with Crippen LogP contribution >= 0.6 is 0 Å². The van der Waals surface area contributed by atoms with Gasteiger partial charge in [-0.05, 0) is 12.1 Å². The highest BCUT2D eigenvalue weighted by atomic mass is 16.5. The van der Waals surface area contributed by atoms with Crippen LogP contribution in [0.3, 0.4) is 0 Å². The Balaban J connectivity index is 1.97. The van der Waals surface area contributed by atoms with Crippen molar-refractivity contribution in [1.82, 2.24) is 4.90 Å². The Kier molecular flexibility index (Phi) is 3.97. The second kappa shape index (κ2) is 5.68. The Morgan fingerprint density at radius 3 is 2.45 bits per heavy atom. The van der Waals surface area contributed by atoms with Gasteiger partial charge in [0.2, 0.25) is 0 Å². The number of hydrogen-bond donors (Lipinski definition) is 2. The van der Waals surface area contributed by atoms with Crippen LogP contribution in [0, 0.1) is 5.92 Å². The van der Waals surface area contributed by atoms with Crippen molar-refractivity contribution in [3.63, 3.8) is 0 Å². The van der Waals surface area contributed by atoms with Crippen molar-refractivity contribution in [2.24, 2.45) is 5.92 Å². The number of aliphatic carboxylic acids is 1. The van der Waals surface area contributed by atoms with Crippen LogP contribution in [0.1, 0.15) is 0 Å². The molecular formula is C13H16N2O5. The maximum absolute atomic E-state index is 11.9. The number of methoxy groups -OCH3 is 2. The molecule has 2 amide bonds. The van der Waals surface area contributed by atoms with E-state index < -0.39 is 11.9 Å². The Morgan fingerprint density at radius 1 is 1.25 bits per heavy atom. The van der Waals surface area contributed by atoms with Gasteiger partial charge in [-0.1, -0.05) is 0 Å². The lowest BCUT2D eigenvalue weighted by Gasteiger charge is -2.36. The van der Waals surface area contributed by atoms with Gasteiger partial charge in [0.05, 0.1) is 20.1 Å². The van der Waals surface area contributed by atoms with E-state index in [1.54, 1.807) is 18.2 Å². The number of anilines is 1. The molecule has 0 saturated carbocycles. The summed E-state index contributed by atoms with van der Waals surface area (Å²) in [5, 5.41) is 11.4. The number of carboxylic acids is 1. The maximum atomic E-state index is 11.9. The van der Waals surface area contributed by atoms with Gasteiger partial charge < -0.3 is 24.8 Å². The first kappa shape index (κ1) is 14.0. The molecule has 0 spiro atoms. The zero-order valence-corrected chi connectivity index (χ0v) is 11.3. The van der Waals surface area contributed by atoms with E-state index in [2.05, 4.69) is 5.32 Å². The molecular weight excluding hydrogens is 264 g/mol. The largest absolute Gasteiger partial charge is 0.493 e. The average molecular weight is 280 g/mol. The van der Waals surface area contributed by atoms with Crippen LogP contribution in [-0.4, -0.2) is 49.3 Å². The van der Waals surface area contributed by atoms with Gasteiger partial charge in [0, 0.05) is 24.8 Å². The lowest BCUT2D eigenvalue weighted by atomic mass is 10.0. The molecule has 108 valence electrons. The second-order valence-corrected chi connectivity index (χ2v) is 4.44. The first-order valence-electron chi connectivity index (χ1n) is 6.06. The highest BCUT2D eigenvalue weighted by molar-refractivity contribution is 5.91. The fourth-order valence-electron chi connectivity index (χ4n) is 1.92. The lowest BCUT2D eigenvalue weighted by Crippen LogP contribution is -2.54. The van der Waals surface area contributed by atoms with Gasteiger partial charge in [0.1, 0.15) is 0 Å². The Morgan fingerprint density at radius 2 is 1.90 bits per heavy atom. The summed E-state index contributed by atoms with van der Waals surface area (Å²) in [6, 6.07) is 4.69. The molecule has 0 radical (unpaired) electrons. The summed E-state index contributed by atoms with van der Waals surface area (Å²) in [5.74, 6) is -0.260. The summed E-state index contributed by atoms with van der Waals surface area (Å²) < 4.78 is 10.2. The number of urea groups is 1. The number of carbonyl (C=O) groups excluding carboxylic acids is 1.